The van der Waals surface area contributed by atoms with Crippen LogP contribution in [0.4, 0.5) is 13.2 Å². The highest BCUT2D eigenvalue weighted by molar-refractivity contribution is 7.21. The third-order valence-electron chi connectivity index (χ3n) is 4.63. The molecule has 158 valence electrons. The van der Waals surface area contributed by atoms with Crippen LogP contribution in [0.3, 0.4) is 0 Å². The summed E-state index contributed by atoms with van der Waals surface area (Å²) < 4.78 is 42.4. The number of aromatic nitrogens is 1. The van der Waals surface area contributed by atoms with Crippen LogP contribution >= 0.6 is 11.3 Å². The second-order valence-electron chi connectivity index (χ2n) is 6.75. The van der Waals surface area contributed by atoms with Gasteiger partial charge in [0.15, 0.2) is 0 Å². The van der Waals surface area contributed by atoms with Gasteiger partial charge in [0, 0.05) is 27.3 Å². The lowest BCUT2D eigenvalue weighted by molar-refractivity contribution is -0.274. The molecule has 4 rings (SSSR count). The number of alkyl halides is 3. The molecular formula is C20H17F3N2O4S. The number of rotatable bonds is 4. The monoisotopic (exact) mass is 438 g/mol. The number of thiophene rings is 1. The summed E-state index contributed by atoms with van der Waals surface area (Å²) in [5.41, 5.74) is 7.41. The number of amides is 1. The van der Waals surface area contributed by atoms with Crippen molar-refractivity contribution >= 4 is 33.8 Å². The summed E-state index contributed by atoms with van der Waals surface area (Å²) in [6.07, 6.45) is -3.75. The van der Waals surface area contributed by atoms with Crippen molar-refractivity contribution in [2.45, 2.75) is 25.6 Å². The number of fused-ring (bicyclic) bond motifs is 1. The summed E-state index contributed by atoms with van der Waals surface area (Å²) in [6.45, 7) is 1.88. The lowest BCUT2D eigenvalue weighted by Gasteiger charge is -2.09. The Balaban J connectivity index is 0.000000806. The van der Waals surface area contributed by atoms with Crippen molar-refractivity contribution in [1.29, 1.82) is 0 Å². The highest BCUT2D eigenvalue weighted by Gasteiger charge is 2.35. The van der Waals surface area contributed by atoms with Gasteiger partial charge in [0.1, 0.15) is 10.6 Å². The molecule has 2 heterocycles. The van der Waals surface area contributed by atoms with Crippen molar-refractivity contribution in [1.82, 2.24) is 4.98 Å². The zero-order valence-electron chi connectivity index (χ0n) is 15.6. The van der Waals surface area contributed by atoms with Gasteiger partial charge in [-0.1, -0.05) is 13.0 Å². The Morgan fingerprint density at radius 2 is 2.00 bits per heavy atom. The number of carboxylic acid groups (broad SMARTS) is 1. The van der Waals surface area contributed by atoms with Gasteiger partial charge in [-0.2, -0.15) is 0 Å². The zero-order chi connectivity index (χ0) is 22.1. The third kappa shape index (κ3) is 4.70. The minimum Gasteiger partial charge on any atom is -0.483 e. The van der Waals surface area contributed by atoms with Crippen LogP contribution in [-0.2, 0) is 4.79 Å². The number of benzene rings is 1. The maximum Gasteiger partial charge on any atom is 0.573 e. The summed E-state index contributed by atoms with van der Waals surface area (Å²) >= 11 is 1.13. The molecule has 0 radical (unpaired) electrons. The van der Waals surface area contributed by atoms with Crippen LogP contribution in [0.15, 0.2) is 36.4 Å². The van der Waals surface area contributed by atoms with Crippen LogP contribution in [0, 0.1) is 5.92 Å². The molecule has 30 heavy (non-hydrogen) atoms. The Hall–Kier alpha value is -3.14. The predicted octanol–water partition coefficient (Wildman–Crippen LogP) is 4.79. The number of hydrogen-bond acceptors (Lipinski definition) is 5. The molecule has 2 unspecified atom stereocenters. The maximum atomic E-state index is 12.6. The quantitative estimate of drug-likeness (QED) is 0.571. The van der Waals surface area contributed by atoms with Gasteiger partial charge in [-0.15, -0.1) is 24.5 Å². The average molecular weight is 438 g/mol. The largest absolute Gasteiger partial charge is 0.573 e. The fourth-order valence-electron chi connectivity index (χ4n) is 3.23. The first-order valence-electron chi connectivity index (χ1n) is 8.82. The van der Waals surface area contributed by atoms with Crippen LogP contribution in [-0.4, -0.2) is 28.8 Å². The van der Waals surface area contributed by atoms with Gasteiger partial charge in [0.2, 0.25) is 0 Å². The predicted molar refractivity (Wildman–Crippen MR) is 105 cm³/mol. The van der Waals surface area contributed by atoms with Crippen LogP contribution in [0.5, 0.6) is 5.75 Å². The molecule has 3 aromatic rings. The van der Waals surface area contributed by atoms with Crippen molar-refractivity contribution in [2.24, 2.45) is 11.7 Å². The molecule has 2 atom stereocenters. The van der Waals surface area contributed by atoms with Gasteiger partial charge in [0.25, 0.3) is 12.4 Å². The number of carbonyl (C=O) groups is 2. The zero-order valence-corrected chi connectivity index (χ0v) is 16.5. The van der Waals surface area contributed by atoms with Crippen molar-refractivity contribution in [3.05, 3.63) is 47.0 Å². The van der Waals surface area contributed by atoms with Crippen molar-refractivity contribution in [2.75, 3.05) is 0 Å². The lowest BCUT2D eigenvalue weighted by Crippen LogP contribution is -2.16. The summed E-state index contributed by atoms with van der Waals surface area (Å²) in [7, 11) is 0. The molecule has 0 saturated heterocycles. The fraction of sp³-hybridized carbons (Fsp3) is 0.250. The molecule has 0 spiro atoms. The topological polar surface area (TPSA) is 103 Å². The van der Waals surface area contributed by atoms with Gasteiger partial charge < -0.3 is 15.6 Å². The Morgan fingerprint density at radius 3 is 2.57 bits per heavy atom. The molecule has 1 aliphatic rings. The van der Waals surface area contributed by atoms with Crippen molar-refractivity contribution in [3.8, 4) is 17.0 Å². The second-order valence-corrected chi connectivity index (χ2v) is 7.80. The first-order chi connectivity index (χ1) is 14.1. The molecular weight excluding hydrogens is 421 g/mol. The molecule has 1 aliphatic carbocycles. The molecule has 10 heteroatoms. The van der Waals surface area contributed by atoms with Crippen LogP contribution in [0.25, 0.3) is 21.3 Å². The standard InChI is InChI=1S/C19H15F3N2O2S.CH2O2/c1-9-7-11(9)13-3-2-4-14(24-13)16-12-8-10(26-19(20,21)22)5-6-15(12)27-17(16)18(23)25;2-1-3/h2-6,8-9,11H,7H2,1H3,(H2,23,25);1H,(H,2,3). The number of carbonyl (C=O) groups excluding carboxylic acids is 1. The maximum absolute atomic E-state index is 12.6. The lowest BCUT2D eigenvalue weighted by atomic mass is 10.0. The molecule has 3 N–H and O–H groups in total. The number of halogens is 3. The van der Waals surface area contributed by atoms with E-state index in [1.54, 1.807) is 6.07 Å². The molecule has 1 amide bonds. The van der Waals surface area contributed by atoms with E-state index in [0.29, 0.717) is 33.2 Å². The van der Waals surface area contributed by atoms with Crippen molar-refractivity contribution < 1.29 is 32.6 Å². The second kappa shape index (κ2) is 8.31. The van der Waals surface area contributed by atoms with E-state index in [1.165, 1.54) is 18.2 Å². The SMILES string of the molecule is CC1CC1c1cccc(-c2c(C(N)=O)sc3ccc(OC(F)(F)F)cc23)n1.O=CO. The van der Waals surface area contributed by atoms with Gasteiger partial charge in [0.05, 0.1) is 5.69 Å². The normalized spacial score (nSPS) is 17.7. The Morgan fingerprint density at radius 1 is 1.33 bits per heavy atom. The summed E-state index contributed by atoms with van der Waals surface area (Å²) in [4.78, 5) is 25.2. The Labute approximate surface area is 173 Å². The number of nitrogens with two attached hydrogens (primary N) is 1. The van der Waals surface area contributed by atoms with Crippen LogP contribution < -0.4 is 10.5 Å². The Kier molecular flexibility index (Phi) is 5.97. The number of nitrogens with zero attached hydrogens (tertiary/aromatic N) is 1. The van der Waals surface area contributed by atoms with E-state index < -0.39 is 12.3 Å². The van der Waals surface area contributed by atoms with Crippen LogP contribution in [0.1, 0.15) is 34.6 Å². The molecule has 0 aliphatic heterocycles. The van der Waals surface area contributed by atoms with Gasteiger partial charge >= 0.3 is 6.36 Å². The highest BCUT2D eigenvalue weighted by Crippen LogP contribution is 2.47. The first kappa shape index (κ1) is 21.6. The van der Waals surface area contributed by atoms with E-state index >= 15 is 0 Å². The highest BCUT2D eigenvalue weighted by atomic mass is 32.1. The molecule has 1 aromatic carbocycles. The summed E-state index contributed by atoms with van der Waals surface area (Å²) in [6, 6.07) is 9.48. The summed E-state index contributed by atoms with van der Waals surface area (Å²) in [5, 5.41) is 7.35. The van der Waals surface area contributed by atoms with E-state index in [2.05, 4.69) is 16.6 Å². The van der Waals surface area contributed by atoms with Gasteiger partial charge in [-0.05, 0) is 42.7 Å². The van der Waals surface area contributed by atoms with Crippen LogP contribution in [0.2, 0.25) is 0 Å². The summed E-state index contributed by atoms with van der Waals surface area (Å²) in [5.74, 6) is -0.0705. The minimum absolute atomic E-state index is 0.250. The van der Waals surface area contributed by atoms with E-state index in [4.69, 9.17) is 15.6 Å². The number of pyridine rings is 1. The van der Waals surface area contributed by atoms with E-state index in [0.717, 1.165) is 23.5 Å². The van der Waals surface area contributed by atoms with Crippen molar-refractivity contribution in [3.63, 3.8) is 0 Å². The molecule has 0 bridgehead atoms. The number of hydrogen-bond donors (Lipinski definition) is 2. The fourth-order valence-corrected chi connectivity index (χ4v) is 4.28. The number of primary amides is 1. The molecule has 1 fully saturated rings. The Bertz CT molecular complexity index is 1100. The van der Waals surface area contributed by atoms with Gasteiger partial charge in [-0.3, -0.25) is 14.6 Å². The molecule has 6 nitrogen and oxygen atoms in total. The smallest absolute Gasteiger partial charge is 0.483 e. The van der Waals surface area contributed by atoms with E-state index in [-0.39, 0.29) is 17.1 Å². The molecule has 2 aromatic heterocycles. The van der Waals surface area contributed by atoms with E-state index in [9.17, 15) is 18.0 Å². The third-order valence-corrected chi connectivity index (χ3v) is 5.82. The van der Waals surface area contributed by atoms with E-state index in [1.807, 2.05) is 12.1 Å². The minimum atomic E-state index is -4.79. The first-order valence-corrected chi connectivity index (χ1v) is 9.63. The van der Waals surface area contributed by atoms with Gasteiger partial charge in [-0.25, -0.2) is 0 Å². The molecule has 1 saturated carbocycles. The number of ether oxygens (including phenoxy) is 1. The average Bonchev–Trinajstić information content (AvgIpc) is 3.26.